The van der Waals surface area contributed by atoms with Crippen LogP contribution in [0.25, 0.3) is 16.9 Å². The summed E-state index contributed by atoms with van der Waals surface area (Å²) < 4.78 is 3.21. The van der Waals surface area contributed by atoms with Crippen LogP contribution >= 0.6 is 0 Å². The molecule has 0 amide bonds. The quantitative estimate of drug-likeness (QED) is 0.639. The van der Waals surface area contributed by atoms with E-state index in [0.717, 1.165) is 11.3 Å². The molecule has 0 radical (unpaired) electrons. The van der Waals surface area contributed by atoms with E-state index in [9.17, 15) is 4.79 Å². The molecule has 1 N–H and O–H groups in total. The first kappa shape index (κ1) is 8.90. The Morgan fingerprint density at radius 1 is 1.38 bits per heavy atom. The van der Waals surface area contributed by atoms with Gasteiger partial charge in [0, 0.05) is 25.0 Å². The molecule has 6 nitrogen and oxygen atoms in total. The summed E-state index contributed by atoms with van der Waals surface area (Å²) in [5.74, 6) is 0. The van der Waals surface area contributed by atoms with Crippen LogP contribution in [0, 0.1) is 0 Å². The minimum atomic E-state index is -0.200. The van der Waals surface area contributed by atoms with Crippen molar-refractivity contribution in [2.24, 2.45) is 7.05 Å². The van der Waals surface area contributed by atoms with Crippen molar-refractivity contribution in [2.45, 2.75) is 0 Å². The number of nitrogens with zero attached hydrogens (tertiary/aromatic N) is 4. The summed E-state index contributed by atoms with van der Waals surface area (Å²) >= 11 is 0. The molecule has 0 saturated carbocycles. The predicted molar refractivity (Wildman–Crippen MR) is 58.0 cm³/mol. The van der Waals surface area contributed by atoms with E-state index in [-0.39, 0.29) is 5.69 Å². The predicted octanol–water partition coefficient (Wildman–Crippen LogP) is 0.423. The van der Waals surface area contributed by atoms with Gasteiger partial charge < -0.3 is 4.98 Å². The average Bonchev–Trinajstić information content (AvgIpc) is 2.84. The maximum Gasteiger partial charge on any atom is 0.331 e. The molecule has 0 aliphatic rings. The Morgan fingerprint density at radius 2 is 2.25 bits per heavy atom. The van der Waals surface area contributed by atoms with Gasteiger partial charge in [0.05, 0.1) is 18.1 Å². The highest BCUT2D eigenvalue weighted by molar-refractivity contribution is 5.61. The first-order valence-electron chi connectivity index (χ1n) is 4.80. The Bertz CT molecular complexity index is 705. The molecule has 0 unspecified atom stereocenters. The topological polar surface area (TPSA) is 68.0 Å². The minimum Gasteiger partial charge on any atom is -0.314 e. The third-order valence-corrected chi connectivity index (χ3v) is 2.43. The molecule has 0 fully saturated rings. The van der Waals surface area contributed by atoms with Crippen molar-refractivity contribution in [3.05, 3.63) is 41.3 Å². The number of hydrogen-bond acceptors (Lipinski definition) is 3. The molecular weight excluding hydrogens is 206 g/mol. The normalized spacial score (nSPS) is 11.1. The molecule has 6 heteroatoms. The number of H-pyrrole nitrogens is 1. The lowest BCUT2D eigenvalue weighted by atomic mass is 10.3. The van der Waals surface area contributed by atoms with Gasteiger partial charge in [-0.15, -0.1) is 0 Å². The van der Waals surface area contributed by atoms with Crippen LogP contribution in [-0.4, -0.2) is 24.1 Å². The fourth-order valence-electron chi connectivity index (χ4n) is 1.71. The zero-order valence-corrected chi connectivity index (χ0v) is 8.58. The highest BCUT2D eigenvalue weighted by Crippen LogP contribution is 2.17. The molecule has 0 aliphatic heterocycles. The molecule has 3 heterocycles. The maximum absolute atomic E-state index is 11.7. The number of aromatic nitrogens is 5. The Labute approximate surface area is 90.2 Å². The lowest BCUT2D eigenvalue weighted by Crippen LogP contribution is -2.15. The van der Waals surface area contributed by atoms with Crippen LogP contribution in [0.2, 0.25) is 0 Å². The van der Waals surface area contributed by atoms with Crippen LogP contribution in [0.15, 0.2) is 35.6 Å². The molecule has 0 saturated heterocycles. The molecular formula is C10H9N5O. The van der Waals surface area contributed by atoms with E-state index in [1.54, 1.807) is 29.3 Å². The van der Waals surface area contributed by atoms with Gasteiger partial charge in [-0.05, 0) is 6.07 Å². The summed E-state index contributed by atoms with van der Waals surface area (Å²) in [4.78, 5) is 18.5. The fourth-order valence-corrected chi connectivity index (χ4v) is 1.71. The number of imidazole rings is 1. The van der Waals surface area contributed by atoms with E-state index in [0.29, 0.717) is 5.65 Å². The number of rotatable bonds is 1. The van der Waals surface area contributed by atoms with Gasteiger partial charge in [-0.3, -0.25) is 4.68 Å². The van der Waals surface area contributed by atoms with E-state index < -0.39 is 0 Å². The van der Waals surface area contributed by atoms with Crippen LogP contribution in [0.3, 0.4) is 0 Å². The largest absolute Gasteiger partial charge is 0.331 e. The van der Waals surface area contributed by atoms with Crippen molar-refractivity contribution in [1.82, 2.24) is 24.1 Å². The van der Waals surface area contributed by atoms with Gasteiger partial charge in [-0.2, -0.15) is 5.10 Å². The third kappa shape index (κ3) is 1.16. The summed E-state index contributed by atoms with van der Waals surface area (Å²) in [5.41, 5.74) is 2.04. The van der Waals surface area contributed by atoms with Crippen molar-refractivity contribution in [3.63, 3.8) is 0 Å². The van der Waals surface area contributed by atoms with Crippen LogP contribution < -0.4 is 5.69 Å². The molecule has 16 heavy (non-hydrogen) atoms. The average molecular weight is 215 g/mol. The Kier molecular flexibility index (Phi) is 1.70. The zero-order chi connectivity index (χ0) is 11.1. The van der Waals surface area contributed by atoms with Gasteiger partial charge in [0.1, 0.15) is 5.65 Å². The molecule has 0 atom stereocenters. The van der Waals surface area contributed by atoms with Crippen LogP contribution in [-0.2, 0) is 7.05 Å². The number of aromatic amines is 1. The molecule has 0 bridgehead atoms. The molecule has 3 aromatic rings. The van der Waals surface area contributed by atoms with E-state index >= 15 is 0 Å². The minimum absolute atomic E-state index is 0.200. The zero-order valence-electron chi connectivity index (χ0n) is 8.58. The standard InChI is InChI=1S/C10H9N5O/c1-14-6-7(4-13-14)8-5-12-9-2-3-11-10(16)15(8)9/h2-6H,1H3,(H,11,16). The lowest BCUT2D eigenvalue weighted by molar-refractivity contribution is 0.768. The van der Waals surface area contributed by atoms with Crippen LogP contribution in [0.1, 0.15) is 0 Å². The molecule has 0 aliphatic carbocycles. The van der Waals surface area contributed by atoms with Gasteiger partial charge in [0.25, 0.3) is 0 Å². The molecule has 3 aromatic heterocycles. The fraction of sp³-hybridized carbons (Fsp3) is 0.100. The first-order chi connectivity index (χ1) is 7.75. The smallest absolute Gasteiger partial charge is 0.314 e. The highest BCUT2D eigenvalue weighted by Gasteiger charge is 2.09. The summed E-state index contributed by atoms with van der Waals surface area (Å²) in [6.45, 7) is 0. The van der Waals surface area contributed by atoms with Crippen LogP contribution in [0.4, 0.5) is 0 Å². The Hall–Kier alpha value is -2.37. The van der Waals surface area contributed by atoms with E-state index in [1.807, 2.05) is 13.2 Å². The Balaban J connectivity index is 2.37. The second kappa shape index (κ2) is 3.06. The summed E-state index contributed by atoms with van der Waals surface area (Å²) in [7, 11) is 1.83. The molecule has 80 valence electrons. The van der Waals surface area contributed by atoms with Crippen molar-refractivity contribution in [1.29, 1.82) is 0 Å². The number of fused-ring (bicyclic) bond motifs is 1. The van der Waals surface area contributed by atoms with Gasteiger partial charge in [0.15, 0.2) is 0 Å². The summed E-state index contributed by atoms with van der Waals surface area (Å²) in [6.07, 6.45) is 6.80. The number of nitrogens with one attached hydrogen (secondary N) is 1. The first-order valence-corrected chi connectivity index (χ1v) is 4.80. The second-order valence-electron chi connectivity index (χ2n) is 3.52. The van der Waals surface area contributed by atoms with Gasteiger partial charge >= 0.3 is 5.69 Å². The summed E-state index contributed by atoms with van der Waals surface area (Å²) in [6, 6.07) is 1.75. The number of hydrogen-bond donors (Lipinski definition) is 1. The Morgan fingerprint density at radius 3 is 3.00 bits per heavy atom. The van der Waals surface area contributed by atoms with Crippen LogP contribution in [0.5, 0.6) is 0 Å². The van der Waals surface area contributed by atoms with Crippen molar-refractivity contribution in [2.75, 3.05) is 0 Å². The number of aryl methyl sites for hydroxylation is 1. The lowest BCUT2D eigenvalue weighted by Gasteiger charge is -1.95. The van der Waals surface area contributed by atoms with Gasteiger partial charge in [0.2, 0.25) is 0 Å². The highest BCUT2D eigenvalue weighted by atomic mass is 16.1. The maximum atomic E-state index is 11.7. The van der Waals surface area contributed by atoms with E-state index in [2.05, 4.69) is 15.1 Å². The monoisotopic (exact) mass is 215 g/mol. The third-order valence-electron chi connectivity index (χ3n) is 2.43. The van der Waals surface area contributed by atoms with Crippen molar-refractivity contribution in [3.8, 4) is 11.3 Å². The van der Waals surface area contributed by atoms with Gasteiger partial charge in [-0.25, -0.2) is 14.2 Å². The second-order valence-corrected chi connectivity index (χ2v) is 3.52. The SMILES string of the molecule is Cn1cc(-c2cnc3cc[nH]c(=O)n23)cn1. The molecule has 0 spiro atoms. The van der Waals surface area contributed by atoms with E-state index in [4.69, 9.17) is 0 Å². The molecule has 0 aromatic carbocycles. The van der Waals surface area contributed by atoms with Gasteiger partial charge in [-0.1, -0.05) is 0 Å². The van der Waals surface area contributed by atoms with Crippen molar-refractivity contribution < 1.29 is 0 Å². The van der Waals surface area contributed by atoms with Crippen molar-refractivity contribution >= 4 is 5.65 Å². The summed E-state index contributed by atoms with van der Waals surface area (Å²) in [5, 5.41) is 4.07. The van der Waals surface area contributed by atoms with E-state index in [1.165, 1.54) is 4.40 Å². The molecule has 3 rings (SSSR count).